The molecule has 4 fully saturated rings. The minimum Gasteiger partial charge on any atom is -0.360 e. The molecule has 1 saturated heterocycles. The number of nitrogens with two attached hydrogens (primary N) is 1. The van der Waals surface area contributed by atoms with E-state index in [9.17, 15) is 9.59 Å². The Labute approximate surface area is 171 Å². The molecule has 2 heterocycles. The van der Waals surface area contributed by atoms with E-state index in [1.54, 1.807) is 6.07 Å². The molecule has 29 heavy (non-hydrogen) atoms. The summed E-state index contributed by atoms with van der Waals surface area (Å²) < 4.78 is 5.32. The SMILES string of the molecule is NC1CCC(C(=O)N2CCC(NC(=O)c3cc(C4CC4)on3)CC23CCC3)CC1. The molecule has 5 rings (SSSR count). The Hall–Kier alpha value is -1.89. The quantitative estimate of drug-likeness (QED) is 0.809. The van der Waals surface area contributed by atoms with Gasteiger partial charge in [-0.1, -0.05) is 5.16 Å². The second-order valence-electron chi connectivity index (χ2n) is 9.73. The second kappa shape index (κ2) is 7.42. The van der Waals surface area contributed by atoms with E-state index in [0.29, 0.717) is 17.5 Å². The number of amides is 2. The van der Waals surface area contributed by atoms with E-state index >= 15 is 0 Å². The Bertz CT molecular complexity index is 775. The molecule has 0 radical (unpaired) electrons. The Kier molecular flexibility index (Phi) is 4.88. The lowest BCUT2D eigenvalue weighted by Gasteiger charge is -2.56. The molecule has 4 aliphatic rings. The number of carbonyl (C=O) groups is 2. The van der Waals surface area contributed by atoms with Crippen LogP contribution in [0.3, 0.4) is 0 Å². The van der Waals surface area contributed by atoms with Gasteiger partial charge in [0.2, 0.25) is 5.91 Å². The van der Waals surface area contributed by atoms with Crippen molar-refractivity contribution in [2.45, 2.75) is 94.2 Å². The Morgan fingerprint density at radius 1 is 1.14 bits per heavy atom. The molecule has 1 aromatic heterocycles. The molecule has 1 aromatic rings. The molecule has 3 N–H and O–H groups in total. The number of aromatic nitrogens is 1. The van der Waals surface area contributed by atoms with Crippen molar-refractivity contribution in [1.29, 1.82) is 0 Å². The van der Waals surface area contributed by atoms with Crippen LogP contribution in [0.15, 0.2) is 10.6 Å². The van der Waals surface area contributed by atoms with Gasteiger partial charge in [0.25, 0.3) is 5.91 Å². The largest absolute Gasteiger partial charge is 0.360 e. The normalized spacial score (nSPS) is 31.3. The summed E-state index contributed by atoms with van der Waals surface area (Å²) in [5.41, 5.74) is 6.34. The molecule has 0 aromatic carbocycles. The van der Waals surface area contributed by atoms with Gasteiger partial charge in [-0.05, 0) is 70.6 Å². The Morgan fingerprint density at radius 3 is 2.55 bits per heavy atom. The van der Waals surface area contributed by atoms with E-state index < -0.39 is 0 Å². The number of likely N-dealkylation sites (tertiary alicyclic amines) is 1. The van der Waals surface area contributed by atoms with E-state index in [-0.39, 0.29) is 29.4 Å². The monoisotopic (exact) mass is 400 g/mol. The van der Waals surface area contributed by atoms with Crippen molar-refractivity contribution in [3.63, 3.8) is 0 Å². The van der Waals surface area contributed by atoms with Gasteiger partial charge in [-0.25, -0.2) is 0 Å². The number of nitrogens with zero attached hydrogens (tertiary/aromatic N) is 2. The van der Waals surface area contributed by atoms with Crippen molar-refractivity contribution in [1.82, 2.24) is 15.4 Å². The van der Waals surface area contributed by atoms with Gasteiger partial charge in [-0.15, -0.1) is 0 Å². The van der Waals surface area contributed by atoms with Crippen LogP contribution in [0.5, 0.6) is 0 Å². The van der Waals surface area contributed by atoms with Crippen LogP contribution in [0.1, 0.15) is 92.8 Å². The molecule has 3 aliphatic carbocycles. The molecular weight excluding hydrogens is 368 g/mol. The molecule has 0 bridgehead atoms. The molecular formula is C22H32N4O3. The Morgan fingerprint density at radius 2 is 1.90 bits per heavy atom. The van der Waals surface area contributed by atoms with Crippen LogP contribution in [0.25, 0.3) is 0 Å². The van der Waals surface area contributed by atoms with Crippen molar-refractivity contribution >= 4 is 11.8 Å². The fourth-order valence-electron chi connectivity index (χ4n) is 5.52. The molecule has 3 saturated carbocycles. The first-order chi connectivity index (χ1) is 14.0. The lowest BCUT2D eigenvalue weighted by atomic mass is 9.68. The van der Waals surface area contributed by atoms with Gasteiger partial charge in [0, 0.05) is 42.1 Å². The van der Waals surface area contributed by atoms with Crippen molar-refractivity contribution < 1.29 is 14.1 Å². The molecule has 1 unspecified atom stereocenters. The summed E-state index contributed by atoms with van der Waals surface area (Å²) in [6, 6.07) is 2.14. The summed E-state index contributed by atoms with van der Waals surface area (Å²) in [4.78, 5) is 28.1. The molecule has 1 aliphatic heterocycles. The summed E-state index contributed by atoms with van der Waals surface area (Å²) in [6.07, 6.45) is 10.9. The zero-order valence-electron chi connectivity index (χ0n) is 17.1. The van der Waals surface area contributed by atoms with Crippen LogP contribution in [-0.4, -0.2) is 46.0 Å². The highest BCUT2D eigenvalue weighted by Gasteiger charge is 2.50. The van der Waals surface area contributed by atoms with E-state index in [0.717, 1.165) is 82.9 Å². The summed E-state index contributed by atoms with van der Waals surface area (Å²) in [7, 11) is 0. The highest BCUT2D eigenvalue weighted by atomic mass is 16.5. The van der Waals surface area contributed by atoms with Crippen LogP contribution in [0.4, 0.5) is 0 Å². The lowest BCUT2D eigenvalue weighted by Crippen LogP contribution is -2.64. The first-order valence-electron chi connectivity index (χ1n) is 11.4. The van der Waals surface area contributed by atoms with Gasteiger partial charge in [-0.2, -0.15) is 0 Å². The van der Waals surface area contributed by atoms with E-state index in [1.807, 2.05) is 0 Å². The predicted octanol–water partition coefficient (Wildman–Crippen LogP) is 2.71. The summed E-state index contributed by atoms with van der Waals surface area (Å²) in [5.74, 6) is 1.59. The first-order valence-corrected chi connectivity index (χ1v) is 11.4. The van der Waals surface area contributed by atoms with Gasteiger partial charge in [-0.3, -0.25) is 9.59 Å². The minimum absolute atomic E-state index is 0.0597. The lowest BCUT2D eigenvalue weighted by molar-refractivity contribution is -0.151. The van der Waals surface area contributed by atoms with Crippen molar-refractivity contribution in [2.24, 2.45) is 11.7 Å². The molecule has 2 amide bonds. The number of rotatable bonds is 4. The summed E-state index contributed by atoms with van der Waals surface area (Å²) >= 11 is 0. The molecule has 7 nitrogen and oxygen atoms in total. The highest BCUT2D eigenvalue weighted by molar-refractivity contribution is 5.92. The standard InChI is InChI=1S/C22H32N4O3/c23-16-6-4-15(5-7-16)21(28)26-11-8-17(13-22(26)9-1-10-22)24-20(27)18-12-19(29-25-18)14-2-3-14/h12,14-17H,1-11,13,23H2,(H,24,27). The topological polar surface area (TPSA) is 101 Å². The highest BCUT2D eigenvalue weighted by Crippen LogP contribution is 2.46. The van der Waals surface area contributed by atoms with Crippen LogP contribution in [0, 0.1) is 5.92 Å². The van der Waals surface area contributed by atoms with E-state index in [4.69, 9.17) is 10.3 Å². The number of piperidine rings is 1. The predicted molar refractivity (Wildman–Crippen MR) is 107 cm³/mol. The van der Waals surface area contributed by atoms with Crippen molar-refractivity contribution in [3.05, 3.63) is 17.5 Å². The average molecular weight is 401 g/mol. The van der Waals surface area contributed by atoms with Crippen molar-refractivity contribution in [3.8, 4) is 0 Å². The van der Waals surface area contributed by atoms with Crippen LogP contribution >= 0.6 is 0 Å². The van der Waals surface area contributed by atoms with Gasteiger partial charge in [0.15, 0.2) is 5.69 Å². The Balaban J connectivity index is 1.21. The maximum atomic E-state index is 13.3. The molecule has 1 spiro atoms. The molecule has 7 heteroatoms. The summed E-state index contributed by atoms with van der Waals surface area (Å²) in [5, 5.41) is 7.12. The summed E-state index contributed by atoms with van der Waals surface area (Å²) in [6.45, 7) is 0.735. The zero-order valence-corrected chi connectivity index (χ0v) is 17.1. The van der Waals surface area contributed by atoms with Crippen LogP contribution in [0.2, 0.25) is 0 Å². The third kappa shape index (κ3) is 3.69. The fourth-order valence-corrected chi connectivity index (χ4v) is 5.52. The zero-order chi connectivity index (χ0) is 20.0. The first kappa shape index (κ1) is 19.1. The third-order valence-electron chi connectivity index (χ3n) is 7.65. The maximum absolute atomic E-state index is 13.3. The fraction of sp³-hybridized carbons (Fsp3) is 0.773. The van der Waals surface area contributed by atoms with E-state index in [2.05, 4.69) is 15.4 Å². The minimum atomic E-state index is -0.152. The molecule has 158 valence electrons. The van der Waals surface area contributed by atoms with Crippen molar-refractivity contribution in [2.75, 3.05) is 6.54 Å². The average Bonchev–Trinajstić information content (AvgIpc) is 3.43. The van der Waals surface area contributed by atoms with Gasteiger partial charge in [0.1, 0.15) is 5.76 Å². The van der Waals surface area contributed by atoms with Crippen LogP contribution in [-0.2, 0) is 4.79 Å². The van der Waals surface area contributed by atoms with Gasteiger partial charge >= 0.3 is 0 Å². The van der Waals surface area contributed by atoms with Gasteiger partial charge in [0.05, 0.1) is 0 Å². The maximum Gasteiger partial charge on any atom is 0.273 e. The number of nitrogens with one attached hydrogen (secondary N) is 1. The van der Waals surface area contributed by atoms with Crippen LogP contribution < -0.4 is 11.1 Å². The second-order valence-corrected chi connectivity index (χ2v) is 9.73. The number of hydrogen-bond acceptors (Lipinski definition) is 5. The molecule has 1 atom stereocenters. The third-order valence-corrected chi connectivity index (χ3v) is 7.65. The number of hydrogen-bond donors (Lipinski definition) is 2. The van der Waals surface area contributed by atoms with E-state index in [1.165, 1.54) is 0 Å². The number of carbonyl (C=O) groups excluding carboxylic acids is 2. The smallest absolute Gasteiger partial charge is 0.273 e. The van der Waals surface area contributed by atoms with Gasteiger partial charge < -0.3 is 20.5 Å².